The molecular weight excluding hydrogens is 279 g/mol. The van der Waals surface area contributed by atoms with Crippen molar-refractivity contribution in [1.82, 2.24) is 0 Å². The van der Waals surface area contributed by atoms with Crippen molar-refractivity contribution < 1.29 is 4.74 Å². The van der Waals surface area contributed by atoms with Gasteiger partial charge in [0.15, 0.2) is 0 Å². The maximum absolute atomic E-state index is 6.15. The van der Waals surface area contributed by atoms with Gasteiger partial charge < -0.3 is 4.74 Å². The number of hydrogen-bond donors (Lipinski definition) is 0. The second-order valence-electron chi connectivity index (χ2n) is 6.31. The highest BCUT2D eigenvalue weighted by Crippen LogP contribution is 2.19. The second-order valence-corrected chi connectivity index (χ2v) is 7.29. The van der Waals surface area contributed by atoms with Crippen LogP contribution < -0.4 is 0 Å². The van der Waals surface area contributed by atoms with Crippen LogP contribution in [0.15, 0.2) is 0 Å². The zero-order valence-electron chi connectivity index (χ0n) is 13.1. The lowest BCUT2D eigenvalue weighted by atomic mass is 10.1. The van der Waals surface area contributed by atoms with Crippen molar-refractivity contribution in [2.45, 2.75) is 90.2 Å². The normalized spacial score (nSPS) is 15.2. The molecule has 0 aliphatic heterocycles. The molecule has 0 heterocycles. The fourth-order valence-corrected chi connectivity index (χ4v) is 2.62. The van der Waals surface area contributed by atoms with E-state index >= 15 is 0 Å². The van der Waals surface area contributed by atoms with Crippen LogP contribution in [0.1, 0.15) is 79.1 Å². The summed E-state index contributed by atoms with van der Waals surface area (Å²) in [4.78, 5) is 0. The zero-order valence-corrected chi connectivity index (χ0v) is 14.6. The van der Waals surface area contributed by atoms with Crippen molar-refractivity contribution in [2.75, 3.05) is 0 Å². The number of ether oxygens (including phenoxy) is 1. The smallest absolute Gasteiger partial charge is 0.133 e. The van der Waals surface area contributed by atoms with Gasteiger partial charge in [-0.05, 0) is 37.5 Å². The fraction of sp³-hybridized carbons (Fsp3) is 1.00. The van der Waals surface area contributed by atoms with E-state index in [0.717, 1.165) is 37.5 Å². The van der Waals surface area contributed by atoms with Gasteiger partial charge in [0.1, 0.15) is 11.1 Å². The van der Waals surface area contributed by atoms with Crippen LogP contribution in [-0.2, 0) is 4.74 Å². The van der Waals surface area contributed by atoms with Gasteiger partial charge in [0.05, 0.1) is 0 Å². The van der Waals surface area contributed by atoms with Crippen LogP contribution in [-0.4, -0.2) is 11.1 Å². The molecule has 0 rings (SSSR count). The first-order chi connectivity index (χ1) is 8.91. The predicted molar refractivity (Wildman–Crippen MR) is 87.0 cm³/mol. The monoisotopic (exact) mass is 310 g/mol. The molecule has 0 aromatic heterocycles. The lowest BCUT2D eigenvalue weighted by Crippen LogP contribution is -2.13. The number of halogens is 2. The average Bonchev–Trinajstić information content (AvgIpc) is 2.30. The Balaban J connectivity index is 3.44. The Labute approximate surface area is 130 Å². The molecule has 0 fully saturated rings. The molecule has 1 nitrogen and oxygen atoms in total. The molecule has 0 aromatic carbocycles. The van der Waals surface area contributed by atoms with Gasteiger partial charge in [-0.15, -0.1) is 0 Å². The summed E-state index contributed by atoms with van der Waals surface area (Å²) < 4.78 is 5.60. The lowest BCUT2D eigenvalue weighted by Gasteiger charge is -2.16. The molecule has 0 spiro atoms. The summed E-state index contributed by atoms with van der Waals surface area (Å²) in [6.07, 6.45) is 9.06. The lowest BCUT2D eigenvalue weighted by molar-refractivity contribution is 0.0688. The van der Waals surface area contributed by atoms with E-state index in [1.165, 1.54) is 25.7 Å². The molecule has 0 aliphatic carbocycles. The number of alkyl halides is 2. The Bertz CT molecular complexity index is 175. The Morgan fingerprint density at radius 2 is 0.947 bits per heavy atom. The van der Waals surface area contributed by atoms with Crippen molar-refractivity contribution in [3.63, 3.8) is 0 Å². The molecule has 0 N–H and O–H groups in total. The molecule has 0 bridgehead atoms. The SMILES string of the molecule is CC(C)CCCCC(Cl)OC(Cl)CCCCC(C)C. The van der Waals surface area contributed by atoms with Crippen LogP contribution in [0.4, 0.5) is 0 Å². The van der Waals surface area contributed by atoms with E-state index in [9.17, 15) is 0 Å². The minimum Gasteiger partial charge on any atom is -0.344 e. The minimum atomic E-state index is -0.222. The highest BCUT2D eigenvalue weighted by Gasteiger charge is 2.12. The first-order valence-electron chi connectivity index (χ1n) is 7.85. The van der Waals surface area contributed by atoms with E-state index in [0.29, 0.717) is 0 Å². The maximum Gasteiger partial charge on any atom is 0.133 e. The van der Waals surface area contributed by atoms with Crippen molar-refractivity contribution in [2.24, 2.45) is 11.8 Å². The largest absolute Gasteiger partial charge is 0.344 e. The fourth-order valence-electron chi connectivity index (χ4n) is 2.01. The van der Waals surface area contributed by atoms with Crippen LogP contribution in [0.25, 0.3) is 0 Å². The Morgan fingerprint density at radius 1 is 0.632 bits per heavy atom. The first kappa shape index (κ1) is 19.5. The van der Waals surface area contributed by atoms with Crippen LogP contribution in [0.3, 0.4) is 0 Å². The molecular formula is C16H32Cl2O. The summed E-state index contributed by atoms with van der Waals surface area (Å²) in [6, 6.07) is 0. The van der Waals surface area contributed by atoms with E-state index in [4.69, 9.17) is 27.9 Å². The third-order valence-corrected chi connectivity index (χ3v) is 3.86. The van der Waals surface area contributed by atoms with Crippen molar-refractivity contribution in [3.8, 4) is 0 Å². The molecule has 0 aromatic rings. The standard InChI is InChI=1S/C16H32Cl2O/c1-13(2)9-5-7-11-15(17)19-16(18)12-8-6-10-14(3)4/h13-16H,5-12H2,1-4H3. The summed E-state index contributed by atoms with van der Waals surface area (Å²) in [7, 11) is 0. The molecule has 0 amide bonds. The van der Waals surface area contributed by atoms with Gasteiger partial charge >= 0.3 is 0 Å². The molecule has 2 atom stereocenters. The van der Waals surface area contributed by atoms with Crippen LogP contribution in [0, 0.1) is 11.8 Å². The van der Waals surface area contributed by atoms with Crippen LogP contribution in [0.5, 0.6) is 0 Å². The summed E-state index contributed by atoms with van der Waals surface area (Å²) >= 11 is 12.3. The van der Waals surface area contributed by atoms with Gasteiger partial charge in [0.2, 0.25) is 0 Å². The van der Waals surface area contributed by atoms with Gasteiger partial charge in [-0.1, -0.05) is 76.6 Å². The van der Waals surface area contributed by atoms with E-state index in [1.54, 1.807) is 0 Å². The van der Waals surface area contributed by atoms with Gasteiger partial charge in [-0.2, -0.15) is 0 Å². The highest BCUT2D eigenvalue weighted by atomic mass is 35.5. The maximum atomic E-state index is 6.15. The highest BCUT2D eigenvalue weighted by molar-refractivity contribution is 6.21. The topological polar surface area (TPSA) is 9.23 Å². The molecule has 0 radical (unpaired) electrons. The summed E-state index contributed by atoms with van der Waals surface area (Å²) in [5.74, 6) is 1.55. The molecule has 0 saturated heterocycles. The van der Waals surface area contributed by atoms with Gasteiger partial charge in [-0.3, -0.25) is 0 Å². The molecule has 116 valence electrons. The third-order valence-electron chi connectivity index (χ3n) is 3.22. The van der Waals surface area contributed by atoms with Crippen molar-refractivity contribution >= 4 is 23.2 Å². The molecule has 3 heteroatoms. The summed E-state index contributed by atoms with van der Waals surface area (Å²) in [6.45, 7) is 9.00. The van der Waals surface area contributed by atoms with Gasteiger partial charge in [0.25, 0.3) is 0 Å². The number of hydrogen-bond acceptors (Lipinski definition) is 1. The van der Waals surface area contributed by atoms with Gasteiger partial charge in [-0.25, -0.2) is 0 Å². The van der Waals surface area contributed by atoms with Gasteiger partial charge in [0, 0.05) is 0 Å². The average molecular weight is 311 g/mol. The first-order valence-corrected chi connectivity index (χ1v) is 8.72. The van der Waals surface area contributed by atoms with E-state index in [1.807, 2.05) is 0 Å². The number of unbranched alkanes of at least 4 members (excludes halogenated alkanes) is 2. The minimum absolute atomic E-state index is 0.222. The summed E-state index contributed by atoms with van der Waals surface area (Å²) in [5.41, 5.74) is -0.445. The van der Waals surface area contributed by atoms with E-state index in [-0.39, 0.29) is 11.1 Å². The Kier molecular flexibility index (Phi) is 12.6. The Morgan fingerprint density at radius 3 is 1.26 bits per heavy atom. The molecule has 2 unspecified atom stereocenters. The van der Waals surface area contributed by atoms with Crippen molar-refractivity contribution in [1.29, 1.82) is 0 Å². The molecule has 0 aliphatic rings. The summed E-state index contributed by atoms with van der Waals surface area (Å²) in [5, 5.41) is 0. The van der Waals surface area contributed by atoms with Crippen LogP contribution in [0.2, 0.25) is 0 Å². The van der Waals surface area contributed by atoms with E-state index < -0.39 is 0 Å². The Hall–Kier alpha value is 0.540. The molecule has 19 heavy (non-hydrogen) atoms. The van der Waals surface area contributed by atoms with E-state index in [2.05, 4.69) is 27.7 Å². The predicted octanol–water partition coefficient (Wildman–Crippen LogP) is 6.57. The van der Waals surface area contributed by atoms with Crippen LogP contribution >= 0.6 is 23.2 Å². The molecule has 0 saturated carbocycles. The van der Waals surface area contributed by atoms with Crippen molar-refractivity contribution in [3.05, 3.63) is 0 Å². The second kappa shape index (κ2) is 12.3. The zero-order chi connectivity index (χ0) is 14.7. The number of rotatable bonds is 12. The third kappa shape index (κ3) is 14.8. The quantitative estimate of drug-likeness (QED) is 0.293.